The van der Waals surface area contributed by atoms with Gasteiger partial charge in [-0.05, 0) is 38.1 Å². The Morgan fingerprint density at radius 3 is 2.33 bits per heavy atom. The van der Waals surface area contributed by atoms with Crippen LogP contribution < -0.4 is 10.2 Å². The van der Waals surface area contributed by atoms with Gasteiger partial charge in [0.05, 0.1) is 0 Å². The standard InChI is InChI=1S/C17H19N3O4/c1-11-10-16(19-24-11)20(13(3)22)9-8-17(23)18-15-6-4-14(5-7-15)12(2)21/h4-7,10H,8-9H2,1-3H3,(H,18,23). The van der Waals surface area contributed by atoms with E-state index >= 15 is 0 Å². The number of hydrogen-bond donors (Lipinski definition) is 1. The molecule has 7 nitrogen and oxygen atoms in total. The number of carbonyl (C=O) groups excluding carboxylic acids is 3. The summed E-state index contributed by atoms with van der Waals surface area (Å²) in [6, 6.07) is 8.27. The van der Waals surface area contributed by atoms with Gasteiger partial charge in [-0.2, -0.15) is 0 Å². The van der Waals surface area contributed by atoms with E-state index in [1.165, 1.54) is 18.7 Å². The molecule has 1 heterocycles. The summed E-state index contributed by atoms with van der Waals surface area (Å²) in [7, 11) is 0. The highest BCUT2D eigenvalue weighted by Crippen LogP contribution is 2.15. The summed E-state index contributed by atoms with van der Waals surface area (Å²) in [5.74, 6) is 0.483. The molecule has 2 rings (SSSR count). The maximum atomic E-state index is 12.0. The van der Waals surface area contributed by atoms with Gasteiger partial charge in [-0.3, -0.25) is 19.3 Å². The Morgan fingerprint density at radius 1 is 1.17 bits per heavy atom. The minimum absolute atomic E-state index is 0.0344. The molecule has 126 valence electrons. The SMILES string of the molecule is CC(=O)c1ccc(NC(=O)CCN(C(C)=O)c2cc(C)on2)cc1. The van der Waals surface area contributed by atoms with Gasteiger partial charge in [-0.25, -0.2) is 0 Å². The van der Waals surface area contributed by atoms with Gasteiger partial charge < -0.3 is 9.84 Å². The molecule has 0 saturated heterocycles. The summed E-state index contributed by atoms with van der Waals surface area (Å²) in [6.45, 7) is 4.81. The van der Waals surface area contributed by atoms with Crippen molar-refractivity contribution in [2.75, 3.05) is 16.8 Å². The van der Waals surface area contributed by atoms with Crippen LogP contribution in [-0.2, 0) is 9.59 Å². The van der Waals surface area contributed by atoms with E-state index in [1.807, 2.05) is 0 Å². The van der Waals surface area contributed by atoms with E-state index in [2.05, 4.69) is 10.5 Å². The molecule has 0 aliphatic heterocycles. The van der Waals surface area contributed by atoms with Crippen molar-refractivity contribution >= 4 is 29.1 Å². The van der Waals surface area contributed by atoms with Gasteiger partial charge in [0.25, 0.3) is 0 Å². The lowest BCUT2D eigenvalue weighted by Gasteiger charge is -2.17. The molecule has 2 amide bonds. The molecule has 24 heavy (non-hydrogen) atoms. The first-order valence-corrected chi connectivity index (χ1v) is 7.49. The lowest BCUT2D eigenvalue weighted by Crippen LogP contribution is -2.32. The van der Waals surface area contributed by atoms with E-state index in [0.29, 0.717) is 22.8 Å². The predicted molar refractivity (Wildman–Crippen MR) is 89.0 cm³/mol. The maximum absolute atomic E-state index is 12.0. The summed E-state index contributed by atoms with van der Waals surface area (Å²) < 4.78 is 4.96. The predicted octanol–water partition coefficient (Wildman–Crippen LogP) is 2.57. The Balaban J connectivity index is 1.93. The second-order valence-electron chi connectivity index (χ2n) is 5.40. The number of carbonyl (C=O) groups is 3. The number of aromatic nitrogens is 1. The van der Waals surface area contributed by atoms with Gasteiger partial charge in [-0.15, -0.1) is 0 Å². The second kappa shape index (κ2) is 7.54. The summed E-state index contributed by atoms with van der Waals surface area (Å²) in [5, 5.41) is 6.52. The summed E-state index contributed by atoms with van der Waals surface area (Å²) in [4.78, 5) is 36.3. The van der Waals surface area contributed by atoms with Crippen LogP contribution in [0.4, 0.5) is 11.5 Å². The molecule has 0 radical (unpaired) electrons. The van der Waals surface area contributed by atoms with Crippen molar-refractivity contribution in [3.63, 3.8) is 0 Å². The number of nitrogens with one attached hydrogen (secondary N) is 1. The van der Waals surface area contributed by atoms with Crippen molar-refractivity contribution in [1.82, 2.24) is 5.16 Å². The van der Waals surface area contributed by atoms with Crippen molar-refractivity contribution in [3.8, 4) is 0 Å². The number of nitrogens with zero attached hydrogens (tertiary/aromatic N) is 2. The van der Waals surface area contributed by atoms with Crippen molar-refractivity contribution in [3.05, 3.63) is 41.7 Å². The third kappa shape index (κ3) is 4.52. The highest BCUT2D eigenvalue weighted by molar-refractivity contribution is 5.96. The first-order chi connectivity index (χ1) is 11.4. The largest absolute Gasteiger partial charge is 0.360 e. The third-order valence-corrected chi connectivity index (χ3v) is 3.41. The summed E-state index contributed by atoms with van der Waals surface area (Å²) in [5.41, 5.74) is 1.17. The van der Waals surface area contributed by atoms with Crippen LogP contribution in [-0.4, -0.2) is 29.3 Å². The number of aryl methyl sites for hydroxylation is 1. The molecular formula is C17H19N3O4. The number of hydrogen-bond acceptors (Lipinski definition) is 5. The summed E-state index contributed by atoms with van der Waals surface area (Å²) >= 11 is 0. The smallest absolute Gasteiger partial charge is 0.226 e. The second-order valence-corrected chi connectivity index (χ2v) is 5.40. The average molecular weight is 329 g/mol. The molecule has 0 fully saturated rings. The lowest BCUT2D eigenvalue weighted by atomic mass is 10.1. The van der Waals surface area contributed by atoms with Crippen molar-refractivity contribution in [2.24, 2.45) is 0 Å². The zero-order chi connectivity index (χ0) is 17.7. The minimum atomic E-state index is -0.239. The van der Waals surface area contributed by atoms with E-state index in [1.54, 1.807) is 37.3 Å². The number of amides is 2. The van der Waals surface area contributed by atoms with Crippen LogP contribution in [0, 0.1) is 6.92 Å². The highest BCUT2D eigenvalue weighted by Gasteiger charge is 2.17. The zero-order valence-electron chi connectivity index (χ0n) is 13.8. The molecule has 0 aliphatic carbocycles. The zero-order valence-corrected chi connectivity index (χ0v) is 13.8. The van der Waals surface area contributed by atoms with Crippen LogP contribution >= 0.6 is 0 Å². The molecule has 0 aliphatic rings. The van der Waals surface area contributed by atoms with Crippen LogP contribution in [0.25, 0.3) is 0 Å². The summed E-state index contributed by atoms with van der Waals surface area (Å²) in [6.07, 6.45) is 0.111. The van der Waals surface area contributed by atoms with Crippen molar-refractivity contribution in [2.45, 2.75) is 27.2 Å². The molecule has 2 aromatic rings. The molecule has 0 atom stereocenters. The van der Waals surface area contributed by atoms with Crippen LogP contribution in [0.3, 0.4) is 0 Å². The van der Waals surface area contributed by atoms with Gasteiger partial charge in [0.1, 0.15) is 5.76 Å². The molecule has 1 aromatic heterocycles. The van der Waals surface area contributed by atoms with Crippen LogP contribution in [0.1, 0.15) is 36.4 Å². The van der Waals surface area contributed by atoms with Gasteiger partial charge in [0.15, 0.2) is 11.6 Å². The van der Waals surface area contributed by atoms with Crippen LogP contribution in [0.15, 0.2) is 34.9 Å². The lowest BCUT2D eigenvalue weighted by molar-refractivity contribution is -0.117. The molecule has 0 unspecified atom stereocenters. The first-order valence-electron chi connectivity index (χ1n) is 7.49. The van der Waals surface area contributed by atoms with Crippen LogP contribution in [0.2, 0.25) is 0 Å². The van der Waals surface area contributed by atoms with Crippen LogP contribution in [0.5, 0.6) is 0 Å². The van der Waals surface area contributed by atoms with E-state index in [-0.39, 0.29) is 30.6 Å². The Morgan fingerprint density at radius 2 is 1.83 bits per heavy atom. The van der Waals surface area contributed by atoms with Gasteiger partial charge in [-0.1, -0.05) is 5.16 Å². The number of ketones is 1. The quantitative estimate of drug-likeness (QED) is 0.822. The number of Topliss-reactive ketones (excluding diaryl/α,β-unsaturated/α-hetero) is 1. The third-order valence-electron chi connectivity index (χ3n) is 3.41. The maximum Gasteiger partial charge on any atom is 0.226 e. The van der Waals surface area contributed by atoms with E-state index in [0.717, 1.165) is 0 Å². The van der Waals surface area contributed by atoms with E-state index in [9.17, 15) is 14.4 Å². The normalized spacial score (nSPS) is 10.3. The molecule has 0 bridgehead atoms. The molecule has 7 heteroatoms. The van der Waals surface area contributed by atoms with Gasteiger partial charge in [0.2, 0.25) is 11.8 Å². The van der Waals surface area contributed by atoms with E-state index in [4.69, 9.17) is 4.52 Å². The van der Waals surface area contributed by atoms with Gasteiger partial charge >= 0.3 is 0 Å². The topological polar surface area (TPSA) is 92.5 Å². The number of benzene rings is 1. The molecule has 1 aromatic carbocycles. The molecule has 0 spiro atoms. The fraction of sp³-hybridized carbons (Fsp3) is 0.294. The fourth-order valence-electron chi connectivity index (χ4n) is 2.14. The van der Waals surface area contributed by atoms with Gasteiger partial charge in [0, 0.05) is 37.2 Å². The fourth-order valence-corrected chi connectivity index (χ4v) is 2.14. The monoisotopic (exact) mass is 329 g/mol. The Bertz CT molecular complexity index is 749. The number of anilines is 2. The Kier molecular flexibility index (Phi) is 5.47. The average Bonchev–Trinajstić information content (AvgIpc) is 2.94. The van der Waals surface area contributed by atoms with Crippen molar-refractivity contribution in [1.29, 1.82) is 0 Å². The molecule has 1 N–H and O–H groups in total. The first kappa shape index (κ1) is 17.4. The Hall–Kier alpha value is -2.96. The van der Waals surface area contributed by atoms with Crippen molar-refractivity contribution < 1.29 is 18.9 Å². The molecule has 0 saturated carbocycles. The van der Waals surface area contributed by atoms with E-state index < -0.39 is 0 Å². The molecular weight excluding hydrogens is 310 g/mol. The highest BCUT2D eigenvalue weighted by atomic mass is 16.5. The Labute approximate surface area is 139 Å². The minimum Gasteiger partial charge on any atom is -0.360 e. The number of rotatable bonds is 6.